The van der Waals surface area contributed by atoms with Gasteiger partial charge in [-0.25, -0.2) is 87.8 Å². The maximum atomic E-state index is 15.4. The summed E-state index contributed by atoms with van der Waals surface area (Å²) in [5, 5.41) is 0. The fourth-order valence-electron chi connectivity index (χ4n) is 7.01. The molecule has 0 spiro atoms. The highest BCUT2D eigenvalue weighted by atomic mass is 32.1. The molecule has 334 valence electrons. The van der Waals surface area contributed by atoms with Crippen LogP contribution in [-0.2, 0) is 6.54 Å². The third kappa shape index (κ3) is 7.20. The lowest BCUT2D eigenvalue weighted by Crippen LogP contribution is -2.81. The van der Waals surface area contributed by atoms with Gasteiger partial charge in [0.25, 0.3) is 0 Å². The number of ketones is 1. The summed E-state index contributed by atoms with van der Waals surface area (Å²) in [6.07, 6.45) is -7.22. The molecule has 7 rings (SSSR count). The van der Waals surface area contributed by atoms with Gasteiger partial charge in [0.2, 0.25) is 11.0 Å². The van der Waals surface area contributed by atoms with Gasteiger partial charge in [-0.2, -0.15) is 4.57 Å². The second-order valence-electron chi connectivity index (χ2n) is 13.4. The number of aromatic nitrogens is 1. The van der Waals surface area contributed by atoms with Crippen LogP contribution in [0.3, 0.4) is 0 Å². The maximum Gasteiger partial charge on any atom is 0.226 e. The molecule has 1 aromatic heterocycles. The minimum Gasteiger partial charge on any atom is -0.295 e. The quantitative estimate of drug-likeness (QED) is 0.0390. The molecule has 2 nitrogen and oxygen atoms in total. The molecule has 0 bridgehead atoms. The van der Waals surface area contributed by atoms with Crippen molar-refractivity contribution in [1.29, 1.82) is 0 Å². The molecule has 0 aliphatic carbocycles. The van der Waals surface area contributed by atoms with Crippen molar-refractivity contribution in [2.75, 3.05) is 0 Å². The summed E-state index contributed by atoms with van der Waals surface area (Å²) in [5.74, 6) is -71.3. The zero-order valence-corrected chi connectivity index (χ0v) is 31.6. The largest absolute Gasteiger partial charge is 0.295 e. The highest BCUT2D eigenvalue weighted by Crippen LogP contribution is 2.31. The van der Waals surface area contributed by atoms with Gasteiger partial charge in [0.15, 0.2) is 82.1 Å². The van der Waals surface area contributed by atoms with E-state index in [4.69, 9.17) is 0 Å². The van der Waals surface area contributed by atoms with E-state index in [0.29, 0.717) is 0 Å². The Labute approximate surface area is 347 Å². The zero-order valence-electron chi connectivity index (χ0n) is 30.8. The molecule has 0 radical (unpaired) electrons. The van der Waals surface area contributed by atoms with Crippen LogP contribution in [0, 0.1) is 116 Å². The van der Waals surface area contributed by atoms with E-state index in [1.165, 1.54) is 10.3 Å². The predicted octanol–water partition coefficient (Wildman–Crippen LogP) is 9.29. The molecule has 0 atom stereocenters. The summed E-state index contributed by atoms with van der Waals surface area (Å²) in [4.78, 5) is 11.5. The molecule has 64 heavy (non-hydrogen) atoms. The molecule has 0 unspecified atom stereocenters. The van der Waals surface area contributed by atoms with E-state index in [1.807, 2.05) is 36.4 Å². The number of thiazole rings is 1. The van der Waals surface area contributed by atoms with Gasteiger partial charge in [-0.15, -0.1) is 21.9 Å². The Morgan fingerprint density at radius 2 is 0.734 bits per heavy atom. The van der Waals surface area contributed by atoms with Crippen molar-refractivity contribution >= 4 is 55.3 Å². The lowest BCUT2D eigenvalue weighted by molar-refractivity contribution is -0.658. The van der Waals surface area contributed by atoms with Gasteiger partial charge in [-0.3, -0.25) is 4.79 Å². The topological polar surface area (TPSA) is 20.9 Å². The molecular weight excluding hydrogens is 933 g/mol. The Balaban J connectivity index is 0.000000295. The zero-order chi connectivity index (χ0) is 47.6. The number of Topliss-reactive ketones (excluding diaryl/α,β-unsaturated/α-hetero) is 1. The van der Waals surface area contributed by atoms with Crippen LogP contribution in [0.25, 0.3) is 10.2 Å². The average molecular weight is 947 g/mol. The standard InChI is InChI=1S/C24BF20.C16H14NOS/c26-5-1(6(27)14(35)21(42)13(5)34)25(2-7(28)15(36)22(43)16(37)8(2)29,3-9(30)17(38)23(44)18(39)10(3)31)4-11(32)19(40)24(45)20(41)12(4)33;1-12(18)14-7-8-16-15(9-14)17(11-19-16)10-13-5-3-2-4-6-13/h;2-9,11H,10H2,1H3/q-1;+1. The SMILES string of the molecule is CC(=O)c1ccc2sc[n+](Cc3ccccc3)c2c1.Fc1c(F)c(F)c([B-](c2c(F)c(F)c(F)c(F)c2F)(c2c(F)c(F)c(F)c(F)c2F)c2c(F)c(F)c(F)c(F)c2F)c(F)c1F. The van der Waals surface area contributed by atoms with E-state index in [9.17, 15) is 57.5 Å². The monoisotopic (exact) mass is 947 g/mol. The van der Waals surface area contributed by atoms with Gasteiger partial charge in [0.05, 0.1) is 0 Å². The number of hydrogen-bond acceptors (Lipinski definition) is 2. The van der Waals surface area contributed by atoms with Crippen molar-refractivity contribution in [2.24, 2.45) is 0 Å². The second-order valence-corrected chi connectivity index (χ2v) is 14.3. The number of benzene rings is 6. The summed E-state index contributed by atoms with van der Waals surface area (Å²) < 4.78 is 297. The Morgan fingerprint density at radius 3 is 1.03 bits per heavy atom. The van der Waals surface area contributed by atoms with E-state index in [-0.39, 0.29) is 5.78 Å². The van der Waals surface area contributed by atoms with Crippen molar-refractivity contribution in [1.82, 2.24) is 0 Å². The number of carbonyl (C=O) groups is 1. The molecule has 0 N–H and O–H groups in total. The Kier molecular flexibility index (Phi) is 12.7. The van der Waals surface area contributed by atoms with E-state index < -0.39 is 144 Å². The minimum absolute atomic E-state index is 0.111. The summed E-state index contributed by atoms with van der Waals surface area (Å²) in [7, 11) is 0. The molecule has 0 aliphatic heterocycles. The minimum atomic E-state index is -7.22. The first-order valence-corrected chi connectivity index (χ1v) is 18.0. The molecule has 24 heteroatoms. The number of rotatable bonds is 7. The van der Waals surface area contributed by atoms with Gasteiger partial charge in [0, 0.05) is 17.2 Å². The normalized spacial score (nSPS) is 11.6. The number of carbonyl (C=O) groups excluding carboxylic acids is 1. The van der Waals surface area contributed by atoms with Crippen LogP contribution in [0.15, 0.2) is 54.0 Å². The first-order chi connectivity index (χ1) is 29.9. The first-order valence-electron chi connectivity index (χ1n) is 17.1. The van der Waals surface area contributed by atoms with Crippen LogP contribution >= 0.6 is 11.3 Å². The van der Waals surface area contributed by atoms with Crippen LogP contribution < -0.4 is 26.4 Å². The van der Waals surface area contributed by atoms with Crippen LogP contribution in [0.1, 0.15) is 22.8 Å². The van der Waals surface area contributed by atoms with Gasteiger partial charge in [0.1, 0.15) is 57.4 Å². The first kappa shape index (κ1) is 47.0. The molecule has 7 aromatic rings. The smallest absolute Gasteiger partial charge is 0.226 e. The van der Waals surface area contributed by atoms with Crippen molar-refractivity contribution in [3.05, 3.63) is 182 Å². The van der Waals surface area contributed by atoms with E-state index in [1.54, 1.807) is 18.3 Å². The Bertz CT molecular complexity index is 2690. The molecular formula is C40H14BF20NOS. The van der Waals surface area contributed by atoms with Crippen LogP contribution in [-0.4, -0.2) is 11.9 Å². The molecule has 0 aliphatic rings. The lowest BCUT2D eigenvalue weighted by Gasteiger charge is -2.44. The summed E-state index contributed by atoms with van der Waals surface area (Å²) in [6.45, 7) is 2.44. The molecule has 1 heterocycles. The predicted molar refractivity (Wildman–Crippen MR) is 187 cm³/mol. The second kappa shape index (κ2) is 17.3. The lowest BCUT2D eigenvalue weighted by atomic mass is 9.12. The van der Waals surface area contributed by atoms with Crippen molar-refractivity contribution < 1.29 is 97.2 Å². The molecule has 0 saturated heterocycles. The maximum absolute atomic E-state index is 15.4. The summed E-state index contributed by atoms with van der Waals surface area (Å²) in [6, 6.07) is 16.3. The molecule has 6 aromatic carbocycles. The summed E-state index contributed by atoms with van der Waals surface area (Å²) in [5.41, 5.74) is -9.06. The van der Waals surface area contributed by atoms with Gasteiger partial charge in [-0.05, 0) is 19.1 Å². The number of fused-ring (bicyclic) bond motifs is 1. The van der Waals surface area contributed by atoms with E-state index in [0.717, 1.165) is 17.6 Å². The summed E-state index contributed by atoms with van der Waals surface area (Å²) >= 11 is 1.71. The third-order valence-corrected chi connectivity index (χ3v) is 10.8. The molecule has 0 saturated carbocycles. The van der Waals surface area contributed by atoms with Crippen molar-refractivity contribution in [2.45, 2.75) is 13.5 Å². The van der Waals surface area contributed by atoms with Gasteiger partial charge < -0.3 is 0 Å². The fourth-order valence-corrected chi connectivity index (χ4v) is 7.89. The van der Waals surface area contributed by atoms with Crippen molar-refractivity contribution in [3.8, 4) is 0 Å². The van der Waals surface area contributed by atoms with Crippen LogP contribution in [0.4, 0.5) is 87.8 Å². The number of halogens is 20. The molecule has 0 amide bonds. The molecule has 0 fully saturated rings. The van der Waals surface area contributed by atoms with Crippen molar-refractivity contribution in [3.63, 3.8) is 0 Å². The Hall–Kier alpha value is -6.46. The van der Waals surface area contributed by atoms with E-state index in [2.05, 4.69) is 22.2 Å². The van der Waals surface area contributed by atoms with Crippen LogP contribution in [0.2, 0.25) is 0 Å². The van der Waals surface area contributed by atoms with Crippen LogP contribution in [0.5, 0.6) is 0 Å². The van der Waals surface area contributed by atoms with Gasteiger partial charge in [-0.1, -0.05) is 41.7 Å². The number of hydrogen-bond donors (Lipinski definition) is 0. The number of nitrogens with zero attached hydrogens (tertiary/aromatic N) is 1. The fraction of sp³-hybridized carbons (Fsp3) is 0.0500. The average Bonchev–Trinajstić information content (AvgIpc) is 3.68. The van der Waals surface area contributed by atoms with E-state index >= 15 is 35.1 Å². The third-order valence-electron chi connectivity index (χ3n) is 9.88. The highest BCUT2D eigenvalue weighted by Gasteiger charge is 2.52. The Morgan fingerprint density at radius 1 is 0.438 bits per heavy atom. The van der Waals surface area contributed by atoms with Gasteiger partial charge >= 0.3 is 0 Å². The highest BCUT2D eigenvalue weighted by molar-refractivity contribution is 7.20.